The molecular weight excluding hydrogens is 194 g/mol. The van der Waals surface area contributed by atoms with Crippen molar-refractivity contribution in [2.75, 3.05) is 7.05 Å². The molecule has 1 unspecified atom stereocenters. The van der Waals surface area contributed by atoms with E-state index in [9.17, 15) is 0 Å². The molecule has 0 aliphatic heterocycles. The Bertz CT molecular complexity index is 186. The molecule has 1 aliphatic rings. The summed E-state index contributed by atoms with van der Waals surface area (Å²) in [4.78, 5) is 0. The van der Waals surface area contributed by atoms with Crippen molar-refractivity contribution >= 4 is 0 Å². The van der Waals surface area contributed by atoms with E-state index in [4.69, 9.17) is 0 Å². The van der Waals surface area contributed by atoms with Crippen molar-refractivity contribution in [1.82, 2.24) is 5.32 Å². The van der Waals surface area contributed by atoms with Gasteiger partial charge in [-0.1, -0.05) is 34.1 Å². The van der Waals surface area contributed by atoms with E-state index in [1.54, 1.807) is 0 Å². The molecule has 16 heavy (non-hydrogen) atoms. The van der Waals surface area contributed by atoms with Gasteiger partial charge in [-0.15, -0.1) is 0 Å². The van der Waals surface area contributed by atoms with Crippen LogP contribution in [0.3, 0.4) is 0 Å². The zero-order valence-electron chi connectivity index (χ0n) is 12.0. The molecule has 1 rings (SSSR count). The van der Waals surface area contributed by atoms with Crippen LogP contribution in [0.4, 0.5) is 0 Å². The summed E-state index contributed by atoms with van der Waals surface area (Å²) in [5, 5.41) is 3.49. The lowest BCUT2D eigenvalue weighted by molar-refractivity contribution is 0.115. The molecule has 96 valence electrons. The molecule has 1 atom stereocenters. The first-order valence-corrected chi connectivity index (χ1v) is 7.22. The molecule has 0 aromatic rings. The first-order chi connectivity index (χ1) is 7.55. The van der Waals surface area contributed by atoms with Gasteiger partial charge < -0.3 is 5.32 Å². The lowest BCUT2D eigenvalue weighted by Crippen LogP contribution is -2.37. The van der Waals surface area contributed by atoms with Crippen molar-refractivity contribution in [3.05, 3.63) is 0 Å². The van der Waals surface area contributed by atoms with Crippen LogP contribution in [0.25, 0.3) is 0 Å². The Balaban J connectivity index is 2.45. The molecule has 1 nitrogen and oxygen atoms in total. The Morgan fingerprint density at radius 1 is 1.12 bits per heavy atom. The molecular formula is C15H31N. The Labute approximate surface area is 102 Å². The summed E-state index contributed by atoms with van der Waals surface area (Å²) in [5.41, 5.74) is 0.562. The molecule has 0 aromatic carbocycles. The number of hydrogen-bond acceptors (Lipinski definition) is 1. The minimum Gasteiger partial charge on any atom is -0.317 e. The zero-order chi connectivity index (χ0) is 12.2. The zero-order valence-corrected chi connectivity index (χ0v) is 12.0. The second-order valence-corrected chi connectivity index (χ2v) is 6.26. The molecule has 0 amide bonds. The minimum absolute atomic E-state index is 0.562. The first kappa shape index (κ1) is 14.0. The van der Waals surface area contributed by atoms with E-state index in [0.717, 1.165) is 17.9 Å². The van der Waals surface area contributed by atoms with Crippen molar-refractivity contribution in [3.8, 4) is 0 Å². The summed E-state index contributed by atoms with van der Waals surface area (Å²) < 4.78 is 0. The predicted molar refractivity (Wildman–Crippen MR) is 72.7 cm³/mol. The molecule has 1 N–H and O–H groups in total. The Hall–Kier alpha value is -0.0400. The molecule has 1 saturated carbocycles. The fraction of sp³-hybridized carbons (Fsp3) is 1.00. The molecule has 0 spiro atoms. The van der Waals surface area contributed by atoms with Crippen LogP contribution in [-0.4, -0.2) is 13.1 Å². The van der Waals surface area contributed by atoms with Gasteiger partial charge in [0.05, 0.1) is 0 Å². The third-order valence-electron chi connectivity index (χ3n) is 5.17. The van der Waals surface area contributed by atoms with Crippen molar-refractivity contribution in [2.24, 2.45) is 17.3 Å². The van der Waals surface area contributed by atoms with Crippen molar-refractivity contribution in [2.45, 2.75) is 72.3 Å². The fourth-order valence-corrected chi connectivity index (χ4v) is 3.36. The predicted octanol–water partition coefficient (Wildman–Crippen LogP) is 4.23. The van der Waals surface area contributed by atoms with Gasteiger partial charge in [-0.05, 0) is 56.4 Å². The van der Waals surface area contributed by atoms with Gasteiger partial charge in [-0.3, -0.25) is 0 Å². The number of nitrogens with one attached hydrogen (secondary N) is 1. The van der Waals surface area contributed by atoms with Gasteiger partial charge in [0.25, 0.3) is 0 Å². The van der Waals surface area contributed by atoms with Crippen LogP contribution < -0.4 is 5.32 Å². The van der Waals surface area contributed by atoms with Crippen LogP contribution in [0, 0.1) is 17.3 Å². The lowest BCUT2D eigenvalue weighted by atomic mass is 9.66. The highest BCUT2D eigenvalue weighted by atomic mass is 14.9. The van der Waals surface area contributed by atoms with Gasteiger partial charge in [0, 0.05) is 6.04 Å². The van der Waals surface area contributed by atoms with Crippen LogP contribution >= 0.6 is 0 Å². The molecule has 0 aromatic heterocycles. The second kappa shape index (κ2) is 6.05. The molecule has 1 fully saturated rings. The summed E-state index contributed by atoms with van der Waals surface area (Å²) in [5.74, 6) is 1.89. The molecule has 1 aliphatic carbocycles. The second-order valence-electron chi connectivity index (χ2n) is 6.26. The average molecular weight is 225 g/mol. The largest absolute Gasteiger partial charge is 0.317 e. The van der Waals surface area contributed by atoms with Crippen LogP contribution in [0.5, 0.6) is 0 Å². The molecule has 0 saturated heterocycles. The maximum atomic E-state index is 3.49. The Morgan fingerprint density at radius 3 is 2.06 bits per heavy atom. The Morgan fingerprint density at radius 2 is 1.69 bits per heavy atom. The van der Waals surface area contributed by atoms with E-state index >= 15 is 0 Å². The van der Waals surface area contributed by atoms with Crippen molar-refractivity contribution in [1.29, 1.82) is 0 Å². The van der Waals surface area contributed by atoms with Crippen LogP contribution in [0.15, 0.2) is 0 Å². The maximum absolute atomic E-state index is 3.49. The minimum atomic E-state index is 0.562. The van der Waals surface area contributed by atoms with Gasteiger partial charge in [0.15, 0.2) is 0 Å². The van der Waals surface area contributed by atoms with E-state index in [2.05, 4.69) is 40.1 Å². The highest BCUT2D eigenvalue weighted by Gasteiger charge is 2.33. The molecule has 0 heterocycles. The van der Waals surface area contributed by atoms with E-state index in [0.29, 0.717) is 5.41 Å². The van der Waals surface area contributed by atoms with Gasteiger partial charge >= 0.3 is 0 Å². The molecule has 1 heteroatoms. The standard InChI is InChI=1S/C15H31N/c1-6-14(16-5)12-8-10-13(11-9-12)15(3,4)7-2/h12-14,16H,6-11H2,1-5H3. The fourth-order valence-electron chi connectivity index (χ4n) is 3.36. The first-order valence-electron chi connectivity index (χ1n) is 7.22. The number of rotatable bonds is 5. The van der Waals surface area contributed by atoms with Crippen molar-refractivity contribution < 1.29 is 0 Å². The van der Waals surface area contributed by atoms with Gasteiger partial charge in [0.1, 0.15) is 0 Å². The van der Waals surface area contributed by atoms with Crippen molar-refractivity contribution in [3.63, 3.8) is 0 Å². The maximum Gasteiger partial charge on any atom is 0.00897 e. The van der Waals surface area contributed by atoms with Crippen LogP contribution in [0.2, 0.25) is 0 Å². The highest BCUT2D eigenvalue weighted by molar-refractivity contribution is 4.86. The molecule has 0 bridgehead atoms. The highest BCUT2D eigenvalue weighted by Crippen LogP contribution is 2.42. The molecule has 0 radical (unpaired) electrons. The summed E-state index contributed by atoms with van der Waals surface area (Å²) in [6.07, 6.45) is 8.38. The summed E-state index contributed by atoms with van der Waals surface area (Å²) >= 11 is 0. The summed E-state index contributed by atoms with van der Waals surface area (Å²) in [6, 6.07) is 0.755. The summed E-state index contributed by atoms with van der Waals surface area (Å²) in [6.45, 7) is 9.55. The van der Waals surface area contributed by atoms with E-state index < -0.39 is 0 Å². The van der Waals surface area contributed by atoms with Gasteiger partial charge in [0.2, 0.25) is 0 Å². The van der Waals surface area contributed by atoms with E-state index in [1.165, 1.54) is 38.5 Å². The normalized spacial score (nSPS) is 29.1. The SMILES string of the molecule is CCC(NC)C1CCC(C(C)(C)CC)CC1. The number of hydrogen-bond donors (Lipinski definition) is 1. The third kappa shape index (κ3) is 3.23. The van der Waals surface area contributed by atoms with Crippen LogP contribution in [-0.2, 0) is 0 Å². The van der Waals surface area contributed by atoms with E-state index in [-0.39, 0.29) is 0 Å². The van der Waals surface area contributed by atoms with Gasteiger partial charge in [-0.2, -0.15) is 0 Å². The quantitative estimate of drug-likeness (QED) is 0.738. The third-order valence-corrected chi connectivity index (χ3v) is 5.17. The van der Waals surface area contributed by atoms with Crippen LogP contribution in [0.1, 0.15) is 66.2 Å². The smallest absolute Gasteiger partial charge is 0.00897 e. The lowest BCUT2D eigenvalue weighted by Gasteiger charge is -2.40. The van der Waals surface area contributed by atoms with Gasteiger partial charge in [-0.25, -0.2) is 0 Å². The monoisotopic (exact) mass is 225 g/mol. The average Bonchev–Trinajstić information content (AvgIpc) is 2.31. The Kier molecular flexibility index (Phi) is 5.30. The topological polar surface area (TPSA) is 12.0 Å². The van der Waals surface area contributed by atoms with E-state index in [1.807, 2.05) is 0 Å². The summed E-state index contributed by atoms with van der Waals surface area (Å²) in [7, 11) is 2.12.